The molecule has 0 fully saturated rings. The fourth-order valence-electron chi connectivity index (χ4n) is 2.12. The summed E-state index contributed by atoms with van der Waals surface area (Å²) in [4.78, 5) is 23.3. The molecule has 0 saturated carbocycles. The number of carboxylic acids is 1. The molecule has 2 aromatic rings. The standard InChI is InChI=1S/C17H20N4O3/c1-11(2)10-14(17(23)24)19-15-9-8-13(20-21-15)16(22)18-12-6-4-3-5-7-12/h3-9,11,14H,10H2,1-2H3,(H,18,22)(H,19,21)(H,23,24)/t14-/m0/s1. The number of para-hydroxylation sites is 1. The molecule has 1 aromatic carbocycles. The van der Waals surface area contributed by atoms with Crippen molar-refractivity contribution < 1.29 is 14.7 Å². The van der Waals surface area contributed by atoms with Crippen molar-refractivity contribution in [1.29, 1.82) is 0 Å². The smallest absolute Gasteiger partial charge is 0.326 e. The highest BCUT2D eigenvalue weighted by molar-refractivity contribution is 6.02. The van der Waals surface area contributed by atoms with Gasteiger partial charge in [0.05, 0.1) is 0 Å². The molecule has 3 N–H and O–H groups in total. The fourth-order valence-corrected chi connectivity index (χ4v) is 2.12. The minimum Gasteiger partial charge on any atom is -0.480 e. The van der Waals surface area contributed by atoms with Gasteiger partial charge in [-0.1, -0.05) is 32.0 Å². The number of anilines is 2. The van der Waals surface area contributed by atoms with Crippen LogP contribution in [0.4, 0.5) is 11.5 Å². The van der Waals surface area contributed by atoms with Crippen molar-refractivity contribution in [3.63, 3.8) is 0 Å². The molecule has 0 aliphatic heterocycles. The predicted octanol–water partition coefficient (Wildman–Crippen LogP) is 2.64. The summed E-state index contributed by atoms with van der Waals surface area (Å²) in [6, 6.07) is 11.3. The highest BCUT2D eigenvalue weighted by atomic mass is 16.4. The normalized spacial score (nSPS) is 11.8. The summed E-state index contributed by atoms with van der Waals surface area (Å²) < 4.78 is 0. The molecule has 1 amide bonds. The average molecular weight is 328 g/mol. The van der Waals surface area contributed by atoms with Crippen LogP contribution < -0.4 is 10.6 Å². The Labute approximate surface area is 140 Å². The lowest BCUT2D eigenvalue weighted by atomic mass is 10.0. The second-order valence-electron chi connectivity index (χ2n) is 5.79. The Morgan fingerprint density at radius 1 is 1.08 bits per heavy atom. The maximum atomic E-state index is 12.1. The van der Waals surface area contributed by atoms with Crippen LogP contribution in [0.15, 0.2) is 42.5 Å². The fraction of sp³-hybridized carbons (Fsp3) is 0.294. The Bertz CT molecular complexity index is 687. The van der Waals surface area contributed by atoms with E-state index in [1.54, 1.807) is 18.2 Å². The van der Waals surface area contributed by atoms with Crippen LogP contribution in [-0.4, -0.2) is 33.2 Å². The Morgan fingerprint density at radius 2 is 1.79 bits per heavy atom. The van der Waals surface area contributed by atoms with Crippen LogP contribution in [0.2, 0.25) is 0 Å². The van der Waals surface area contributed by atoms with Gasteiger partial charge in [0.25, 0.3) is 5.91 Å². The van der Waals surface area contributed by atoms with Crippen molar-refractivity contribution in [1.82, 2.24) is 10.2 Å². The largest absolute Gasteiger partial charge is 0.480 e. The van der Waals surface area contributed by atoms with Gasteiger partial charge in [0.2, 0.25) is 0 Å². The third kappa shape index (κ3) is 5.05. The molecule has 0 saturated heterocycles. The lowest BCUT2D eigenvalue weighted by Crippen LogP contribution is -2.31. The average Bonchev–Trinajstić information content (AvgIpc) is 2.55. The van der Waals surface area contributed by atoms with E-state index in [0.717, 1.165) is 0 Å². The summed E-state index contributed by atoms with van der Waals surface area (Å²) in [5.74, 6) is -0.782. The van der Waals surface area contributed by atoms with Gasteiger partial charge in [0.1, 0.15) is 11.9 Å². The van der Waals surface area contributed by atoms with Crippen molar-refractivity contribution >= 4 is 23.4 Å². The third-order valence-electron chi connectivity index (χ3n) is 3.26. The number of amides is 1. The van der Waals surface area contributed by atoms with Gasteiger partial charge in [-0.2, -0.15) is 0 Å². The monoisotopic (exact) mass is 328 g/mol. The van der Waals surface area contributed by atoms with Crippen molar-refractivity contribution in [3.8, 4) is 0 Å². The summed E-state index contributed by atoms with van der Waals surface area (Å²) in [5, 5.41) is 22.5. The van der Waals surface area contributed by atoms with Crippen LogP contribution in [0.1, 0.15) is 30.8 Å². The number of aliphatic carboxylic acids is 1. The van der Waals surface area contributed by atoms with Gasteiger partial charge in [-0.3, -0.25) is 4.79 Å². The number of nitrogens with zero attached hydrogens (tertiary/aromatic N) is 2. The van der Waals surface area contributed by atoms with E-state index < -0.39 is 12.0 Å². The van der Waals surface area contributed by atoms with Crippen molar-refractivity contribution in [2.75, 3.05) is 10.6 Å². The predicted molar refractivity (Wildman–Crippen MR) is 90.9 cm³/mol. The van der Waals surface area contributed by atoms with E-state index in [4.69, 9.17) is 0 Å². The van der Waals surface area contributed by atoms with Gasteiger partial charge in [0, 0.05) is 5.69 Å². The van der Waals surface area contributed by atoms with Crippen LogP contribution in [0.25, 0.3) is 0 Å². The van der Waals surface area contributed by atoms with Crippen LogP contribution in [0.3, 0.4) is 0 Å². The van der Waals surface area contributed by atoms with Crippen molar-refractivity contribution in [2.24, 2.45) is 5.92 Å². The summed E-state index contributed by atoms with van der Waals surface area (Å²) in [5.41, 5.74) is 0.814. The SMILES string of the molecule is CC(C)C[C@H](Nc1ccc(C(=O)Nc2ccccc2)nn1)C(=O)O. The topological polar surface area (TPSA) is 104 Å². The molecular formula is C17H20N4O3. The number of carbonyl (C=O) groups excluding carboxylic acids is 1. The summed E-state index contributed by atoms with van der Waals surface area (Å²) in [6.45, 7) is 3.89. The molecule has 2 rings (SSSR count). The second-order valence-corrected chi connectivity index (χ2v) is 5.79. The number of aromatic nitrogens is 2. The molecule has 126 valence electrons. The second kappa shape index (κ2) is 8.05. The zero-order valence-corrected chi connectivity index (χ0v) is 13.6. The van der Waals surface area contributed by atoms with Crippen LogP contribution in [-0.2, 0) is 4.79 Å². The van der Waals surface area contributed by atoms with Gasteiger partial charge in [-0.25, -0.2) is 4.79 Å². The minimum absolute atomic E-state index is 0.153. The Morgan fingerprint density at radius 3 is 2.33 bits per heavy atom. The summed E-state index contributed by atoms with van der Waals surface area (Å²) in [6.07, 6.45) is 0.466. The van der Waals surface area contributed by atoms with E-state index >= 15 is 0 Å². The molecule has 1 heterocycles. The van der Waals surface area contributed by atoms with Gasteiger partial charge >= 0.3 is 5.97 Å². The number of benzene rings is 1. The Hall–Kier alpha value is -2.96. The first kappa shape index (κ1) is 17.4. The summed E-state index contributed by atoms with van der Waals surface area (Å²) >= 11 is 0. The van der Waals surface area contributed by atoms with Gasteiger partial charge in [0.15, 0.2) is 5.69 Å². The van der Waals surface area contributed by atoms with Crippen molar-refractivity contribution in [2.45, 2.75) is 26.3 Å². The molecule has 0 aliphatic carbocycles. The first-order chi connectivity index (χ1) is 11.5. The Balaban J connectivity index is 2.01. The molecule has 0 unspecified atom stereocenters. The van der Waals surface area contributed by atoms with E-state index in [-0.39, 0.29) is 17.5 Å². The first-order valence-corrected chi connectivity index (χ1v) is 7.65. The molecule has 0 aliphatic rings. The first-order valence-electron chi connectivity index (χ1n) is 7.65. The molecule has 1 aromatic heterocycles. The van der Waals surface area contributed by atoms with Crippen LogP contribution in [0.5, 0.6) is 0 Å². The molecule has 0 bridgehead atoms. The summed E-state index contributed by atoms with van der Waals surface area (Å²) in [7, 11) is 0. The lowest BCUT2D eigenvalue weighted by molar-refractivity contribution is -0.138. The minimum atomic E-state index is -0.948. The molecule has 7 nitrogen and oxygen atoms in total. The molecule has 24 heavy (non-hydrogen) atoms. The van der Waals surface area contributed by atoms with E-state index in [9.17, 15) is 14.7 Å². The van der Waals surface area contributed by atoms with Crippen molar-refractivity contribution in [3.05, 3.63) is 48.2 Å². The molecule has 0 spiro atoms. The molecule has 7 heteroatoms. The Kier molecular flexibility index (Phi) is 5.83. The lowest BCUT2D eigenvalue weighted by Gasteiger charge is -2.16. The molecule has 1 atom stereocenters. The zero-order valence-electron chi connectivity index (χ0n) is 13.6. The molecular weight excluding hydrogens is 308 g/mol. The van der Waals surface area contributed by atoms with E-state index in [1.807, 2.05) is 32.0 Å². The van der Waals surface area contributed by atoms with Crippen LogP contribution >= 0.6 is 0 Å². The van der Waals surface area contributed by atoms with Crippen LogP contribution in [0, 0.1) is 5.92 Å². The third-order valence-corrected chi connectivity index (χ3v) is 3.26. The maximum absolute atomic E-state index is 12.1. The number of hydrogen-bond donors (Lipinski definition) is 3. The zero-order chi connectivity index (χ0) is 17.5. The highest BCUT2D eigenvalue weighted by Crippen LogP contribution is 2.12. The van der Waals surface area contributed by atoms with E-state index in [1.165, 1.54) is 6.07 Å². The number of carbonyl (C=O) groups is 2. The van der Waals surface area contributed by atoms with Gasteiger partial charge in [-0.05, 0) is 36.6 Å². The number of carboxylic acid groups (broad SMARTS) is 1. The number of nitrogens with one attached hydrogen (secondary N) is 2. The van der Waals surface area contributed by atoms with Gasteiger partial charge in [-0.15, -0.1) is 10.2 Å². The maximum Gasteiger partial charge on any atom is 0.326 e. The van der Waals surface area contributed by atoms with Gasteiger partial charge < -0.3 is 15.7 Å². The quantitative estimate of drug-likeness (QED) is 0.722. The highest BCUT2D eigenvalue weighted by Gasteiger charge is 2.19. The molecule has 0 radical (unpaired) electrons. The number of rotatable bonds is 7. The number of hydrogen-bond acceptors (Lipinski definition) is 5. The van der Waals surface area contributed by atoms with E-state index in [0.29, 0.717) is 17.9 Å². The van der Waals surface area contributed by atoms with E-state index in [2.05, 4.69) is 20.8 Å².